The molecule has 1 aliphatic heterocycles. The fraction of sp³-hybridized carbons (Fsp3) is 0.600. The lowest BCUT2D eigenvalue weighted by molar-refractivity contribution is -0.0612. The lowest BCUT2D eigenvalue weighted by atomic mass is 9.71. The van der Waals surface area contributed by atoms with Crippen LogP contribution >= 0.6 is 0 Å². The first-order chi connectivity index (χ1) is 10.2. The molecule has 3 N–H and O–H groups in total. The van der Waals surface area contributed by atoms with Crippen molar-refractivity contribution < 1.29 is 9.74 Å². The van der Waals surface area contributed by atoms with Gasteiger partial charge in [0.05, 0.1) is 17.0 Å². The van der Waals surface area contributed by atoms with Crippen molar-refractivity contribution in [3.05, 3.63) is 12.1 Å². The van der Waals surface area contributed by atoms with Crippen molar-refractivity contribution in [3.63, 3.8) is 0 Å². The predicted octanol–water partition coefficient (Wildman–Crippen LogP) is 1.94. The smallest absolute Gasteiger partial charge is 0.160 e. The molecule has 6 heteroatoms. The number of nitrogen functional groups attached to an aromatic ring is 1. The monoisotopic (exact) mass is 288 g/mol. The van der Waals surface area contributed by atoms with Gasteiger partial charge in [-0.25, -0.2) is 4.63 Å². The van der Waals surface area contributed by atoms with Gasteiger partial charge >= 0.3 is 0 Å². The van der Waals surface area contributed by atoms with E-state index in [1.165, 1.54) is 6.42 Å². The number of benzene rings is 1. The maximum Gasteiger partial charge on any atom is 0.160 e. The Balaban J connectivity index is 1.67. The van der Waals surface area contributed by atoms with Crippen molar-refractivity contribution in [1.29, 1.82) is 0 Å². The van der Waals surface area contributed by atoms with Gasteiger partial charge in [-0.15, -0.1) is 0 Å². The van der Waals surface area contributed by atoms with Gasteiger partial charge in [-0.05, 0) is 41.7 Å². The van der Waals surface area contributed by atoms with E-state index in [1.54, 1.807) is 0 Å². The van der Waals surface area contributed by atoms with Crippen molar-refractivity contribution >= 4 is 22.4 Å². The molecule has 2 aromatic rings. The summed E-state index contributed by atoms with van der Waals surface area (Å²) in [5, 5.41) is 18.7. The van der Waals surface area contributed by atoms with Crippen LogP contribution in [0.4, 0.5) is 11.4 Å². The number of rotatable bonds is 1. The summed E-state index contributed by atoms with van der Waals surface area (Å²) in [7, 11) is 0. The van der Waals surface area contributed by atoms with Gasteiger partial charge in [0.25, 0.3) is 0 Å². The van der Waals surface area contributed by atoms with E-state index in [2.05, 4.69) is 15.2 Å². The van der Waals surface area contributed by atoms with Crippen LogP contribution in [-0.2, 0) is 0 Å². The molecule has 6 nitrogen and oxygen atoms in total. The Hall–Kier alpha value is -1.82. The minimum Gasteiger partial charge on any atom is -0.397 e. The van der Waals surface area contributed by atoms with E-state index in [-0.39, 0.29) is 0 Å². The quantitative estimate of drug-likeness (QED) is 0.780. The number of nitrogens with two attached hydrogens (primary N) is 1. The Morgan fingerprint density at radius 1 is 1.24 bits per heavy atom. The van der Waals surface area contributed by atoms with Crippen LogP contribution in [0.3, 0.4) is 0 Å². The second kappa shape index (κ2) is 4.59. The minimum absolute atomic E-state index is 0.340. The number of aliphatic hydroxyl groups is 1. The summed E-state index contributed by atoms with van der Waals surface area (Å²) in [6.07, 6.45) is 5.21. The van der Waals surface area contributed by atoms with Gasteiger partial charge in [-0.3, -0.25) is 0 Å². The second-order valence-corrected chi connectivity index (χ2v) is 6.38. The Morgan fingerprint density at radius 2 is 2.10 bits per heavy atom. The highest BCUT2D eigenvalue weighted by atomic mass is 16.6. The molecule has 2 atom stereocenters. The van der Waals surface area contributed by atoms with Crippen molar-refractivity contribution in [2.45, 2.75) is 37.7 Å². The maximum absolute atomic E-state index is 10.8. The number of hydrogen-bond acceptors (Lipinski definition) is 6. The van der Waals surface area contributed by atoms with E-state index in [0.29, 0.717) is 17.1 Å². The van der Waals surface area contributed by atoms with E-state index in [4.69, 9.17) is 10.4 Å². The van der Waals surface area contributed by atoms with Crippen LogP contribution < -0.4 is 10.6 Å². The van der Waals surface area contributed by atoms with Gasteiger partial charge in [-0.1, -0.05) is 12.8 Å². The molecule has 1 saturated carbocycles. The first-order valence-corrected chi connectivity index (χ1v) is 7.65. The molecular formula is C15H20N4O2. The first kappa shape index (κ1) is 12.9. The zero-order chi connectivity index (χ0) is 14.4. The number of piperidine rings is 1. The highest BCUT2D eigenvalue weighted by molar-refractivity contribution is 5.95. The minimum atomic E-state index is -0.469. The molecule has 0 amide bonds. The van der Waals surface area contributed by atoms with Crippen LogP contribution in [0, 0.1) is 5.92 Å². The number of aromatic nitrogens is 2. The average molecular weight is 288 g/mol. The SMILES string of the molecule is Nc1ccc(N2CCC3(O)CCCCC3C2)c2nonc12. The van der Waals surface area contributed by atoms with Gasteiger partial charge in [0.1, 0.15) is 0 Å². The molecule has 2 heterocycles. The van der Waals surface area contributed by atoms with E-state index in [9.17, 15) is 5.11 Å². The normalized spacial score (nSPS) is 29.6. The van der Waals surface area contributed by atoms with Crippen molar-refractivity contribution in [3.8, 4) is 0 Å². The van der Waals surface area contributed by atoms with E-state index in [1.807, 2.05) is 12.1 Å². The molecule has 2 fully saturated rings. The zero-order valence-electron chi connectivity index (χ0n) is 12.0. The molecule has 1 saturated heterocycles. The summed E-state index contributed by atoms with van der Waals surface area (Å²) >= 11 is 0. The topological polar surface area (TPSA) is 88.4 Å². The van der Waals surface area contributed by atoms with Crippen molar-refractivity contribution in [2.75, 3.05) is 23.7 Å². The van der Waals surface area contributed by atoms with Crippen LogP contribution in [0.5, 0.6) is 0 Å². The van der Waals surface area contributed by atoms with Gasteiger partial charge < -0.3 is 15.7 Å². The molecular weight excluding hydrogens is 268 g/mol. The molecule has 4 rings (SSSR count). The molecule has 0 bridgehead atoms. The van der Waals surface area contributed by atoms with E-state index in [0.717, 1.165) is 50.0 Å². The van der Waals surface area contributed by atoms with Crippen LogP contribution in [-0.4, -0.2) is 34.1 Å². The molecule has 112 valence electrons. The van der Waals surface area contributed by atoms with Crippen LogP contribution in [0.2, 0.25) is 0 Å². The van der Waals surface area contributed by atoms with Crippen molar-refractivity contribution in [1.82, 2.24) is 10.3 Å². The largest absolute Gasteiger partial charge is 0.397 e. The predicted molar refractivity (Wildman–Crippen MR) is 80.0 cm³/mol. The highest BCUT2D eigenvalue weighted by Gasteiger charge is 2.43. The van der Waals surface area contributed by atoms with E-state index >= 15 is 0 Å². The average Bonchev–Trinajstić information content (AvgIpc) is 2.97. The maximum atomic E-state index is 10.8. The van der Waals surface area contributed by atoms with Gasteiger partial charge in [0, 0.05) is 19.0 Å². The molecule has 1 aliphatic carbocycles. The van der Waals surface area contributed by atoms with Crippen molar-refractivity contribution in [2.24, 2.45) is 5.92 Å². The third-order valence-corrected chi connectivity index (χ3v) is 5.19. The lowest BCUT2D eigenvalue weighted by Gasteiger charge is -2.48. The molecule has 1 aromatic heterocycles. The fourth-order valence-electron chi connectivity index (χ4n) is 3.92. The van der Waals surface area contributed by atoms with E-state index < -0.39 is 5.60 Å². The standard InChI is InChI=1S/C15H20N4O2/c16-11-4-5-12(14-13(11)17-21-18-14)19-8-7-15(20)6-2-1-3-10(15)9-19/h4-5,10,20H,1-3,6-9,16H2. The Kier molecular flexibility index (Phi) is 2.82. The van der Waals surface area contributed by atoms with Crippen LogP contribution in [0.1, 0.15) is 32.1 Å². The molecule has 1 aromatic carbocycles. The molecule has 2 aliphatic rings. The van der Waals surface area contributed by atoms with Gasteiger partial charge in [0.2, 0.25) is 0 Å². The number of nitrogens with zero attached hydrogens (tertiary/aromatic N) is 3. The Bertz CT molecular complexity index is 671. The summed E-state index contributed by atoms with van der Waals surface area (Å²) in [5.74, 6) is 0.340. The zero-order valence-corrected chi connectivity index (χ0v) is 12.0. The summed E-state index contributed by atoms with van der Waals surface area (Å²) in [4.78, 5) is 2.29. The van der Waals surface area contributed by atoms with Crippen LogP contribution in [0.15, 0.2) is 16.8 Å². The third kappa shape index (κ3) is 1.97. The van der Waals surface area contributed by atoms with Crippen LogP contribution in [0.25, 0.3) is 11.0 Å². The first-order valence-electron chi connectivity index (χ1n) is 7.65. The third-order valence-electron chi connectivity index (χ3n) is 5.19. The lowest BCUT2D eigenvalue weighted by Crippen LogP contribution is -2.53. The molecule has 21 heavy (non-hydrogen) atoms. The highest BCUT2D eigenvalue weighted by Crippen LogP contribution is 2.42. The summed E-state index contributed by atoms with van der Waals surface area (Å²) < 4.78 is 4.85. The summed E-state index contributed by atoms with van der Waals surface area (Å²) in [5.41, 5.74) is 8.37. The molecule has 2 unspecified atom stereocenters. The summed E-state index contributed by atoms with van der Waals surface area (Å²) in [6, 6.07) is 3.83. The fourth-order valence-corrected chi connectivity index (χ4v) is 3.92. The Morgan fingerprint density at radius 3 is 3.00 bits per heavy atom. The second-order valence-electron chi connectivity index (χ2n) is 6.38. The molecule has 0 radical (unpaired) electrons. The van der Waals surface area contributed by atoms with Gasteiger partial charge in [-0.2, -0.15) is 0 Å². The van der Waals surface area contributed by atoms with Gasteiger partial charge in [0.15, 0.2) is 11.0 Å². The number of anilines is 2. The summed E-state index contributed by atoms with van der Waals surface area (Å²) in [6.45, 7) is 1.70. The number of hydrogen-bond donors (Lipinski definition) is 2. The number of fused-ring (bicyclic) bond motifs is 2. The molecule has 0 spiro atoms. The Labute approximate surface area is 122 Å².